The second-order valence-corrected chi connectivity index (χ2v) is 5.07. The molecule has 0 aromatic heterocycles. The molecule has 3 heteroatoms. The van der Waals surface area contributed by atoms with Gasteiger partial charge in [-0.1, -0.05) is 12.1 Å². The number of hydrogen-bond acceptors (Lipinski definition) is 2. The summed E-state index contributed by atoms with van der Waals surface area (Å²) in [5.74, 6) is 0.298. The molecular weight excluding hydrogens is 229 g/mol. The monoisotopic (exact) mass is 251 g/mol. The van der Waals surface area contributed by atoms with E-state index in [0.29, 0.717) is 12.5 Å². The van der Waals surface area contributed by atoms with Crippen LogP contribution in [0.25, 0.3) is 0 Å². The Kier molecular flexibility index (Phi) is 4.36. The van der Waals surface area contributed by atoms with Crippen LogP contribution in [0, 0.1) is 11.7 Å². The molecule has 0 spiro atoms. The molecule has 0 radical (unpaired) electrons. The number of benzene rings is 1. The third kappa shape index (κ3) is 2.73. The van der Waals surface area contributed by atoms with Crippen LogP contribution in [0.15, 0.2) is 24.3 Å². The van der Waals surface area contributed by atoms with Crippen LogP contribution in [0.1, 0.15) is 32.3 Å². The van der Waals surface area contributed by atoms with Gasteiger partial charge in [0.1, 0.15) is 5.82 Å². The Morgan fingerprint density at radius 3 is 2.44 bits per heavy atom. The highest BCUT2D eigenvalue weighted by Crippen LogP contribution is 2.38. The summed E-state index contributed by atoms with van der Waals surface area (Å²) in [5.41, 5.74) is 0.780. The molecule has 18 heavy (non-hydrogen) atoms. The first-order valence-corrected chi connectivity index (χ1v) is 6.77. The standard InChI is InChI=1S/C15H22FNO/c1-3-18-15(2,13-8-10-17-11-9-13)12-4-6-14(16)7-5-12/h4-7,13,17H,3,8-11H2,1-2H3/t15-/m1/s1. The van der Waals surface area contributed by atoms with Crippen LogP contribution in [0.2, 0.25) is 0 Å². The van der Waals surface area contributed by atoms with Gasteiger partial charge in [-0.3, -0.25) is 0 Å². The molecule has 1 N–H and O–H groups in total. The summed E-state index contributed by atoms with van der Waals surface area (Å²) in [4.78, 5) is 0. The SMILES string of the molecule is CCO[C@](C)(c1ccc(F)cc1)C1CCNCC1. The lowest BCUT2D eigenvalue weighted by atomic mass is 9.77. The van der Waals surface area contributed by atoms with Crippen molar-refractivity contribution >= 4 is 0 Å². The van der Waals surface area contributed by atoms with Crippen molar-refractivity contribution in [1.29, 1.82) is 0 Å². The molecule has 0 bridgehead atoms. The fourth-order valence-electron chi connectivity index (χ4n) is 2.89. The molecular formula is C15H22FNO. The van der Waals surface area contributed by atoms with Crippen LogP contribution >= 0.6 is 0 Å². The topological polar surface area (TPSA) is 21.3 Å². The third-order valence-corrected chi connectivity index (χ3v) is 3.98. The van der Waals surface area contributed by atoms with E-state index < -0.39 is 0 Å². The van der Waals surface area contributed by atoms with Gasteiger partial charge in [0.25, 0.3) is 0 Å². The van der Waals surface area contributed by atoms with Gasteiger partial charge in [-0.2, -0.15) is 0 Å². The number of nitrogens with one attached hydrogen (secondary N) is 1. The van der Waals surface area contributed by atoms with Crippen molar-refractivity contribution in [3.63, 3.8) is 0 Å². The minimum atomic E-state index is -0.301. The first-order chi connectivity index (χ1) is 8.66. The summed E-state index contributed by atoms with van der Waals surface area (Å²) in [7, 11) is 0. The lowest BCUT2D eigenvalue weighted by molar-refractivity contribution is -0.0827. The van der Waals surface area contributed by atoms with E-state index in [4.69, 9.17) is 4.74 Å². The van der Waals surface area contributed by atoms with E-state index in [1.54, 1.807) is 0 Å². The predicted molar refractivity (Wildman–Crippen MR) is 71.0 cm³/mol. The van der Waals surface area contributed by atoms with Crippen LogP contribution in [-0.2, 0) is 10.3 Å². The first-order valence-electron chi connectivity index (χ1n) is 6.77. The average Bonchev–Trinajstić information content (AvgIpc) is 2.40. The van der Waals surface area contributed by atoms with E-state index in [-0.39, 0.29) is 11.4 Å². The number of ether oxygens (including phenoxy) is 1. The minimum absolute atomic E-state index is 0.192. The zero-order valence-corrected chi connectivity index (χ0v) is 11.2. The van der Waals surface area contributed by atoms with E-state index in [1.807, 2.05) is 19.1 Å². The Balaban J connectivity index is 2.26. The highest BCUT2D eigenvalue weighted by atomic mass is 19.1. The van der Waals surface area contributed by atoms with Gasteiger partial charge >= 0.3 is 0 Å². The fourth-order valence-corrected chi connectivity index (χ4v) is 2.89. The molecule has 1 saturated heterocycles. The summed E-state index contributed by atoms with van der Waals surface area (Å²) in [5, 5.41) is 3.37. The molecule has 0 unspecified atom stereocenters. The lowest BCUT2D eigenvalue weighted by Crippen LogP contribution is -2.41. The molecule has 1 aromatic rings. The van der Waals surface area contributed by atoms with Gasteiger partial charge in [0.15, 0.2) is 0 Å². The van der Waals surface area contributed by atoms with Gasteiger partial charge in [-0.05, 0) is 63.4 Å². The molecule has 1 fully saturated rings. The van der Waals surface area contributed by atoms with Crippen molar-refractivity contribution in [1.82, 2.24) is 5.32 Å². The van der Waals surface area contributed by atoms with Gasteiger partial charge in [0.05, 0.1) is 5.60 Å². The summed E-state index contributed by atoms with van der Waals surface area (Å²) >= 11 is 0. The Labute approximate surface area is 109 Å². The Morgan fingerprint density at radius 1 is 1.28 bits per heavy atom. The lowest BCUT2D eigenvalue weighted by Gasteiger charge is -2.40. The van der Waals surface area contributed by atoms with Crippen LogP contribution < -0.4 is 5.32 Å². The minimum Gasteiger partial charge on any atom is -0.371 e. The average molecular weight is 251 g/mol. The van der Waals surface area contributed by atoms with Crippen LogP contribution in [0.4, 0.5) is 4.39 Å². The maximum Gasteiger partial charge on any atom is 0.123 e. The Morgan fingerprint density at radius 2 is 1.89 bits per heavy atom. The van der Waals surface area contributed by atoms with Gasteiger partial charge < -0.3 is 10.1 Å². The number of halogens is 1. The van der Waals surface area contributed by atoms with Crippen molar-refractivity contribution in [3.8, 4) is 0 Å². The van der Waals surface area contributed by atoms with Gasteiger partial charge in [-0.25, -0.2) is 4.39 Å². The van der Waals surface area contributed by atoms with Crippen molar-refractivity contribution < 1.29 is 9.13 Å². The highest BCUT2D eigenvalue weighted by molar-refractivity contribution is 5.24. The predicted octanol–water partition coefficient (Wildman–Crippen LogP) is 3.08. The van der Waals surface area contributed by atoms with Crippen molar-refractivity contribution in [2.24, 2.45) is 5.92 Å². The Hall–Kier alpha value is -0.930. The molecule has 100 valence electrons. The molecule has 1 aliphatic heterocycles. The molecule has 2 rings (SSSR count). The van der Waals surface area contributed by atoms with E-state index in [0.717, 1.165) is 31.5 Å². The molecule has 0 saturated carbocycles. The summed E-state index contributed by atoms with van der Waals surface area (Å²) in [6.45, 7) is 6.91. The van der Waals surface area contributed by atoms with Crippen LogP contribution in [0.5, 0.6) is 0 Å². The second-order valence-electron chi connectivity index (χ2n) is 5.07. The summed E-state index contributed by atoms with van der Waals surface area (Å²) < 4.78 is 19.1. The summed E-state index contributed by atoms with van der Waals surface area (Å²) in [6, 6.07) is 6.75. The van der Waals surface area contributed by atoms with Crippen molar-refractivity contribution in [2.75, 3.05) is 19.7 Å². The van der Waals surface area contributed by atoms with Crippen LogP contribution in [-0.4, -0.2) is 19.7 Å². The number of hydrogen-bond donors (Lipinski definition) is 1. The molecule has 0 amide bonds. The largest absolute Gasteiger partial charge is 0.371 e. The van der Waals surface area contributed by atoms with E-state index in [1.165, 1.54) is 12.1 Å². The zero-order valence-electron chi connectivity index (χ0n) is 11.2. The Bertz CT molecular complexity index is 373. The molecule has 1 atom stereocenters. The smallest absolute Gasteiger partial charge is 0.123 e. The van der Waals surface area contributed by atoms with Crippen molar-refractivity contribution in [3.05, 3.63) is 35.6 Å². The molecule has 0 aliphatic carbocycles. The molecule has 1 heterocycles. The third-order valence-electron chi connectivity index (χ3n) is 3.98. The second kappa shape index (κ2) is 5.81. The normalized spacial score (nSPS) is 20.6. The van der Waals surface area contributed by atoms with Crippen LogP contribution in [0.3, 0.4) is 0 Å². The highest BCUT2D eigenvalue weighted by Gasteiger charge is 2.37. The van der Waals surface area contributed by atoms with Crippen molar-refractivity contribution in [2.45, 2.75) is 32.3 Å². The number of piperidine rings is 1. The summed E-state index contributed by atoms with van der Waals surface area (Å²) in [6.07, 6.45) is 2.21. The zero-order chi connectivity index (χ0) is 13.0. The fraction of sp³-hybridized carbons (Fsp3) is 0.600. The quantitative estimate of drug-likeness (QED) is 0.888. The first kappa shape index (κ1) is 13.5. The maximum absolute atomic E-state index is 13.1. The van der Waals surface area contributed by atoms with Gasteiger partial charge in [0.2, 0.25) is 0 Å². The van der Waals surface area contributed by atoms with Gasteiger partial charge in [-0.15, -0.1) is 0 Å². The maximum atomic E-state index is 13.1. The molecule has 1 aromatic carbocycles. The molecule has 1 aliphatic rings. The van der Waals surface area contributed by atoms with Gasteiger partial charge in [0, 0.05) is 6.61 Å². The number of rotatable bonds is 4. The molecule has 2 nitrogen and oxygen atoms in total. The van der Waals surface area contributed by atoms with E-state index >= 15 is 0 Å². The van der Waals surface area contributed by atoms with E-state index in [2.05, 4.69) is 12.2 Å². The van der Waals surface area contributed by atoms with E-state index in [9.17, 15) is 4.39 Å².